The van der Waals surface area contributed by atoms with Crippen LogP contribution in [0.5, 0.6) is 5.88 Å². The zero-order valence-corrected chi connectivity index (χ0v) is 8.90. The summed E-state index contributed by atoms with van der Waals surface area (Å²) in [5, 5.41) is 0.275. The molecule has 0 radical (unpaired) electrons. The van der Waals surface area contributed by atoms with Crippen molar-refractivity contribution in [2.45, 2.75) is 0 Å². The second kappa shape index (κ2) is 4.28. The Morgan fingerprint density at radius 1 is 1.20 bits per heavy atom. The van der Waals surface area contributed by atoms with Gasteiger partial charge in [0.1, 0.15) is 0 Å². The fourth-order valence-corrected chi connectivity index (χ4v) is 1.40. The van der Waals surface area contributed by atoms with E-state index in [0.717, 1.165) is 11.3 Å². The summed E-state index contributed by atoms with van der Waals surface area (Å²) in [5.41, 5.74) is 1.73. The van der Waals surface area contributed by atoms with E-state index in [1.165, 1.54) is 7.11 Å². The minimum Gasteiger partial charge on any atom is -0.479 e. The lowest BCUT2D eigenvalue weighted by Crippen LogP contribution is -1.93. The molecule has 0 fully saturated rings. The molecule has 0 spiro atoms. The van der Waals surface area contributed by atoms with E-state index in [1.807, 2.05) is 30.3 Å². The first-order valence-electron chi connectivity index (χ1n) is 4.43. The molecule has 0 aliphatic rings. The second-order valence-corrected chi connectivity index (χ2v) is 3.28. The summed E-state index contributed by atoms with van der Waals surface area (Å²) in [5.74, 6) is 0.345. The van der Waals surface area contributed by atoms with E-state index in [9.17, 15) is 0 Å². The second-order valence-electron chi connectivity index (χ2n) is 2.92. The average Bonchev–Trinajstić information content (AvgIpc) is 2.31. The number of rotatable bonds is 2. The predicted octanol–water partition coefficient (Wildman–Crippen LogP) is 2.81. The van der Waals surface area contributed by atoms with Crippen LogP contribution in [0.1, 0.15) is 0 Å². The van der Waals surface area contributed by atoms with Crippen LogP contribution in [-0.2, 0) is 0 Å². The van der Waals surface area contributed by atoms with Crippen molar-refractivity contribution < 1.29 is 4.74 Å². The molecular formula is C11H9ClN2O. The summed E-state index contributed by atoms with van der Waals surface area (Å²) >= 11 is 5.79. The molecule has 0 aliphatic carbocycles. The highest BCUT2D eigenvalue weighted by Gasteiger charge is 2.06. The predicted molar refractivity (Wildman–Crippen MR) is 59.0 cm³/mol. The van der Waals surface area contributed by atoms with Crippen LogP contribution in [0.25, 0.3) is 11.3 Å². The number of benzene rings is 1. The molecule has 76 valence electrons. The van der Waals surface area contributed by atoms with Crippen molar-refractivity contribution in [3.63, 3.8) is 0 Å². The van der Waals surface area contributed by atoms with Gasteiger partial charge in [0.05, 0.1) is 19.0 Å². The van der Waals surface area contributed by atoms with Gasteiger partial charge in [-0.2, -0.15) is 0 Å². The van der Waals surface area contributed by atoms with E-state index >= 15 is 0 Å². The highest BCUT2D eigenvalue weighted by atomic mass is 35.5. The van der Waals surface area contributed by atoms with Gasteiger partial charge in [-0.3, -0.25) is 0 Å². The monoisotopic (exact) mass is 220 g/mol. The van der Waals surface area contributed by atoms with Crippen LogP contribution in [0.2, 0.25) is 5.15 Å². The van der Waals surface area contributed by atoms with Crippen LogP contribution >= 0.6 is 11.6 Å². The molecule has 3 nitrogen and oxygen atoms in total. The molecule has 0 aliphatic heterocycles. The Kier molecular flexibility index (Phi) is 2.83. The quantitative estimate of drug-likeness (QED) is 0.781. The van der Waals surface area contributed by atoms with Crippen LogP contribution in [0.15, 0.2) is 36.5 Å². The molecule has 1 aromatic carbocycles. The minimum absolute atomic E-state index is 0.275. The fourth-order valence-electron chi connectivity index (χ4n) is 1.24. The van der Waals surface area contributed by atoms with Crippen molar-refractivity contribution in [2.75, 3.05) is 7.11 Å². The topological polar surface area (TPSA) is 35.0 Å². The lowest BCUT2D eigenvalue weighted by atomic mass is 10.2. The third-order valence-corrected chi connectivity index (χ3v) is 2.22. The maximum Gasteiger partial charge on any atom is 0.252 e. The van der Waals surface area contributed by atoms with Gasteiger partial charge in [0.25, 0.3) is 5.88 Å². The smallest absolute Gasteiger partial charge is 0.252 e. The molecule has 0 atom stereocenters. The van der Waals surface area contributed by atoms with Gasteiger partial charge in [0.15, 0.2) is 5.15 Å². The van der Waals surface area contributed by atoms with Gasteiger partial charge < -0.3 is 4.74 Å². The van der Waals surface area contributed by atoms with Gasteiger partial charge in [0.2, 0.25) is 0 Å². The molecule has 0 saturated carbocycles. The van der Waals surface area contributed by atoms with Crippen molar-refractivity contribution in [3.05, 3.63) is 41.7 Å². The van der Waals surface area contributed by atoms with Crippen LogP contribution in [-0.4, -0.2) is 17.1 Å². The molecule has 0 bridgehead atoms. The molecule has 1 heterocycles. The van der Waals surface area contributed by atoms with E-state index in [0.29, 0.717) is 5.88 Å². The average molecular weight is 221 g/mol. The number of aromatic nitrogens is 2. The van der Waals surface area contributed by atoms with E-state index in [2.05, 4.69) is 9.97 Å². The van der Waals surface area contributed by atoms with Crippen molar-refractivity contribution in [1.29, 1.82) is 0 Å². The summed E-state index contributed by atoms with van der Waals surface area (Å²) in [7, 11) is 1.52. The summed E-state index contributed by atoms with van der Waals surface area (Å²) in [6.07, 6.45) is 1.63. The fraction of sp³-hybridized carbons (Fsp3) is 0.0909. The minimum atomic E-state index is 0.275. The Morgan fingerprint density at radius 3 is 2.60 bits per heavy atom. The SMILES string of the molecule is COc1nc(-c2ccccc2)cnc1Cl. The lowest BCUT2D eigenvalue weighted by molar-refractivity contribution is 0.396. The van der Waals surface area contributed by atoms with Gasteiger partial charge in [0, 0.05) is 5.56 Å². The first-order chi connectivity index (χ1) is 7.31. The standard InChI is InChI=1S/C11H9ClN2O/c1-15-11-10(12)13-7-9(14-11)8-5-3-2-4-6-8/h2-7H,1H3. The molecule has 0 unspecified atom stereocenters. The molecule has 4 heteroatoms. The van der Waals surface area contributed by atoms with Crippen LogP contribution in [0.4, 0.5) is 0 Å². The maximum absolute atomic E-state index is 5.79. The molecular weight excluding hydrogens is 212 g/mol. The third kappa shape index (κ3) is 2.07. The van der Waals surface area contributed by atoms with Crippen LogP contribution in [0.3, 0.4) is 0 Å². The third-order valence-electron chi connectivity index (χ3n) is 1.96. The van der Waals surface area contributed by atoms with Crippen LogP contribution in [0, 0.1) is 0 Å². The van der Waals surface area contributed by atoms with Gasteiger partial charge in [-0.15, -0.1) is 0 Å². The molecule has 15 heavy (non-hydrogen) atoms. The van der Waals surface area contributed by atoms with E-state index in [-0.39, 0.29) is 5.15 Å². The first-order valence-corrected chi connectivity index (χ1v) is 4.81. The van der Waals surface area contributed by atoms with E-state index in [4.69, 9.17) is 16.3 Å². The summed E-state index contributed by atoms with van der Waals surface area (Å²) in [6.45, 7) is 0. The summed E-state index contributed by atoms with van der Waals surface area (Å²) in [6, 6.07) is 9.75. The van der Waals surface area contributed by atoms with E-state index < -0.39 is 0 Å². The van der Waals surface area contributed by atoms with Crippen molar-refractivity contribution in [2.24, 2.45) is 0 Å². The largest absolute Gasteiger partial charge is 0.479 e. The van der Waals surface area contributed by atoms with Gasteiger partial charge in [-0.1, -0.05) is 41.9 Å². The van der Waals surface area contributed by atoms with E-state index in [1.54, 1.807) is 6.20 Å². The first kappa shape index (κ1) is 9.93. The van der Waals surface area contributed by atoms with Gasteiger partial charge >= 0.3 is 0 Å². The molecule has 0 saturated heterocycles. The number of halogens is 1. The summed E-state index contributed by atoms with van der Waals surface area (Å²) in [4.78, 5) is 8.25. The zero-order valence-electron chi connectivity index (χ0n) is 8.14. The van der Waals surface area contributed by atoms with Crippen molar-refractivity contribution in [1.82, 2.24) is 9.97 Å². The Hall–Kier alpha value is -1.61. The number of ether oxygens (including phenoxy) is 1. The van der Waals surface area contributed by atoms with Crippen molar-refractivity contribution >= 4 is 11.6 Å². The van der Waals surface area contributed by atoms with Crippen LogP contribution < -0.4 is 4.74 Å². The van der Waals surface area contributed by atoms with Gasteiger partial charge in [-0.05, 0) is 0 Å². The Balaban J connectivity index is 2.46. The molecule has 2 aromatic rings. The molecule has 0 N–H and O–H groups in total. The number of methoxy groups -OCH3 is 1. The number of hydrogen-bond donors (Lipinski definition) is 0. The Bertz CT molecular complexity index is 459. The Morgan fingerprint density at radius 2 is 1.93 bits per heavy atom. The Labute approximate surface area is 92.7 Å². The maximum atomic E-state index is 5.79. The lowest BCUT2D eigenvalue weighted by Gasteiger charge is -2.04. The molecule has 0 amide bonds. The number of hydrogen-bond acceptors (Lipinski definition) is 3. The van der Waals surface area contributed by atoms with Crippen molar-refractivity contribution in [3.8, 4) is 17.1 Å². The molecule has 1 aromatic heterocycles. The molecule has 2 rings (SSSR count). The summed E-state index contributed by atoms with van der Waals surface area (Å²) < 4.78 is 5.00. The highest BCUT2D eigenvalue weighted by Crippen LogP contribution is 2.23. The number of nitrogens with zero attached hydrogens (tertiary/aromatic N) is 2. The highest BCUT2D eigenvalue weighted by molar-refractivity contribution is 6.30. The van der Waals surface area contributed by atoms with Gasteiger partial charge in [-0.25, -0.2) is 9.97 Å². The zero-order chi connectivity index (χ0) is 10.7. The normalized spacial score (nSPS) is 10.0.